The van der Waals surface area contributed by atoms with Crippen molar-refractivity contribution in [1.29, 1.82) is 0 Å². The van der Waals surface area contributed by atoms with Gasteiger partial charge in [-0.25, -0.2) is 4.79 Å². The fraction of sp³-hybridized carbons (Fsp3) is 0.786. The molecule has 0 aromatic carbocycles. The number of nitrogens with zero attached hydrogens (tertiary/aromatic N) is 1. The standard InChI is InChI=1S/C28H43NO3/c1-16(2)29(17(3)4)25(30)24-11-10-22-20-8-9-21-18(5)19(26(31)32)12-14-27(21,6)23(20)13-15-28(22,24)7/h9,16-17,20,22-24H,8,10-15H2,1-7H3,(H,31,32)/t20?,22?,23?,24-,27+,28+/m1/s1. The van der Waals surface area contributed by atoms with Crippen LogP contribution in [0.3, 0.4) is 0 Å². The number of carbonyl (C=O) groups excluding carboxylic acids is 1. The summed E-state index contributed by atoms with van der Waals surface area (Å²) in [6, 6.07) is 0.474. The van der Waals surface area contributed by atoms with E-state index in [0.29, 0.717) is 35.7 Å². The minimum atomic E-state index is -0.749. The molecule has 6 atom stereocenters. The second-order valence-corrected chi connectivity index (χ2v) is 12.2. The first kappa shape index (κ1) is 23.6. The predicted molar refractivity (Wildman–Crippen MR) is 128 cm³/mol. The largest absolute Gasteiger partial charge is 0.478 e. The van der Waals surface area contributed by atoms with Gasteiger partial charge in [-0.05, 0) is 119 Å². The van der Waals surface area contributed by atoms with Crippen molar-refractivity contribution >= 4 is 11.9 Å². The molecule has 0 saturated heterocycles. The molecule has 4 nitrogen and oxygen atoms in total. The van der Waals surface area contributed by atoms with Gasteiger partial charge >= 0.3 is 5.97 Å². The Hall–Kier alpha value is -1.58. The third-order valence-electron chi connectivity index (χ3n) is 10.1. The lowest BCUT2D eigenvalue weighted by Crippen LogP contribution is -2.53. The highest BCUT2D eigenvalue weighted by atomic mass is 16.4. The second kappa shape index (κ2) is 8.02. The molecule has 0 spiro atoms. The molecule has 4 rings (SSSR count). The van der Waals surface area contributed by atoms with Gasteiger partial charge in [-0.2, -0.15) is 0 Å². The smallest absolute Gasteiger partial charge is 0.331 e. The Morgan fingerprint density at radius 3 is 2.28 bits per heavy atom. The fourth-order valence-corrected chi connectivity index (χ4v) is 8.69. The molecule has 0 aliphatic heterocycles. The van der Waals surface area contributed by atoms with Crippen LogP contribution in [0, 0.1) is 34.5 Å². The van der Waals surface area contributed by atoms with Gasteiger partial charge in [0.05, 0.1) is 0 Å². The van der Waals surface area contributed by atoms with Crippen molar-refractivity contribution in [2.75, 3.05) is 0 Å². The van der Waals surface area contributed by atoms with E-state index in [-0.39, 0.29) is 28.8 Å². The molecular weight excluding hydrogens is 398 g/mol. The zero-order valence-corrected chi connectivity index (χ0v) is 21.2. The molecule has 4 heteroatoms. The summed E-state index contributed by atoms with van der Waals surface area (Å²) in [6.07, 6.45) is 9.51. The van der Waals surface area contributed by atoms with Gasteiger partial charge in [-0.1, -0.05) is 19.9 Å². The molecular formula is C28H43NO3. The van der Waals surface area contributed by atoms with Crippen LogP contribution in [0.15, 0.2) is 22.8 Å². The quantitative estimate of drug-likeness (QED) is 0.563. The number of allylic oxidation sites excluding steroid dienone is 3. The van der Waals surface area contributed by atoms with E-state index in [2.05, 4.69) is 52.5 Å². The number of hydrogen-bond donors (Lipinski definition) is 1. The van der Waals surface area contributed by atoms with E-state index >= 15 is 0 Å². The Morgan fingerprint density at radius 2 is 1.69 bits per heavy atom. The Bertz CT molecular complexity index is 860. The van der Waals surface area contributed by atoms with Gasteiger partial charge in [0.15, 0.2) is 0 Å². The lowest BCUT2D eigenvalue weighted by Gasteiger charge is -2.57. The number of rotatable bonds is 4. The minimum Gasteiger partial charge on any atom is -0.478 e. The van der Waals surface area contributed by atoms with Crippen LogP contribution in [0.2, 0.25) is 0 Å². The van der Waals surface area contributed by atoms with Crippen molar-refractivity contribution in [3.05, 3.63) is 22.8 Å². The van der Waals surface area contributed by atoms with Gasteiger partial charge < -0.3 is 10.0 Å². The van der Waals surface area contributed by atoms with Gasteiger partial charge in [-0.15, -0.1) is 0 Å². The van der Waals surface area contributed by atoms with Crippen molar-refractivity contribution in [1.82, 2.24) is 4.90 Å². The molecule has 2 fully saturated rings. The second-order valence-electron chi connectivity index (χ2n) is 12.2. The van der Waals surface area contributed by atoms with Crippen LogP contribution in [0.25, 0.3) is 0 Å². The Kier molecular flexibility index (Phi) is 5.91. The van der Waals surface area contributed by atoms with Crippen LogP contribution >= 0.6 is 0 Å². The van der Waals surface area contributed by atoms with Crippen LogP contribution in [0.5, 0.6) is 0 Å². The van der Waals surface area contributed by atoms with Crippen LogP contribution in [0.4, 0.5) is 0 Å². The molecule has 0 aromatic heterocycles. The first-order valence-electron chi connectivity index (χ1n) is 12.9. The Morgan fingerprint density at radius 1 is 1.03 bits per heavy atom. The maximum Gasteiger partial charge on any atom is 0.331 e. The molecule has 1 N–H and O–H groups in total. The number of carboxylic acids is 1. The third kappa shape index (κ3) is 3.30. The highest BCUT2D eigenvalue weighted by Gasteiger charge is 2.60. The number of carboxylic acid groups (broad SMARTS) is 1. The number of hydrogen-bond acceptors (Lipinski definition) is 2. The third-order valence-corrected chi connectivity index (χ3v) is 10.1. The molecule has 2 saturated carbocycles. The minimum absolute atomic E-state index is 0.0806. The zero-order chi connectivity index (χ0) is 23.6. The fourth-order valence-electron chi connectivity index (χ4n) is 8.69. The molecule has 32 heavy (non-hydrogen) atoms. The summed E-state index contributed by atoms with van der Waals surface area (Å²) in [6.45, 7) is 15.4. The number of amides is 1. The van der Waals surface area contributed by atoms with Gasteiger partial charge in [0.25, 0.3) is 0 Å². The molecule has 3 unspecified atom stereocenters. The van der Waals surface area contributed by atoms with E-state index in [4.69, 9.17) is 0 Å². The molecule has 0 aromatic rings. The first-order valence-corrected chi connectivity index (χ1v) is 12.9. The SMILES string of the molecule is CC1=C(C(=O)O)CC[C@@]2(C)C1=CCC1C2CC[C@@]2(C)C1CC[C@@H]2C(=O)N(C(C)C)C(C)C. The lowest BCUT2D eigenvalue weighted by atomic mass is 9.47. The average molecular weight is 442 g/mol. The molecule has 0 radical (unpaired) electrons. The van der Waals surface area contributed by atoms with Crippen LogP contribution in [-0.2, 0) is 9.59 Å². The Labute approximate surface area is 194 Å². The van der Waals surface area contributed by atoms with Crippen LogP contribution < -0.4 is 0 Å². The van der Waals surface area contributed by atoms with Crippen molar-refractivity contribution in [3.8, 4) is 0 Å². The van der Waals surface area contributed by atoms with Gasteiger partial charge in [0.1, 0.15) is 0 Å². The predicted octanol–water partition coefficient (Wildman–Crippen LogP) is 6.22. The van der Waals surface area contributed by atoms with Crippen LogP contribution in [0.1, 0.15) is 93.4 Å². The molecule has 4 aliphatic rings. The normalized spacial score (nSPS) is 38.8. The number of fused-ring (bicyclic) bond motifs is 5. The maximum atomic E-state index is 13.7. The molecule has 4 aliphatic carbocycles. The van der Waals surface area contributed by atoms with E-state index < -0.39 is 5.97 Å². The van der Waals surface area contributed by atoms with Gasteiger partial charge in [-0.3, -0.25) is 4.79 Å². The molecule has 0 bridgehead atoms. The summed E-state index contributed by atoms with van der Waals surface area (Å²) in [7, 11) is 0. The summed E-state index contributed by atoms with van der Waals surface area (Å²) in [5.74, 6) is 1.58. The molecule has 1 amide bonds. The summed E-state index contributed by atoms with van der Waals surface area (Å²) in [4.78, 5) is 27.6. The van der Waals surface area contributed by atoms with Gasteiger partial charge in [0.2, 0.25) is 5.91 Å². The monoisotopic (exact) mass is 441 g/mol. The topological polar surface area (TPSA) is 57.6 Å². The lowest BCUT2D eigenvalue weighted by molar-refractivity contribution is -0.146. The summed E-state index contributed by atoms with van der Waals surface area (Å²) in [5, 5.41) is 9.66. The van der Waals surface area contributed by atoms with E-state index in [1.54, 1.807) is 0 Å². The van der Waals surface area contributed by atoms with E-state index in [0.717, 1.165) is 44.1 Å². The summed E-state index contributed by atoms with van der Waals surface area (Å²) >= 11 is 0. The molecule has 178 valence electrons. The van der Waals surface area contributed by atoms with E-state index in [1.165, 1.54) is 5.57 Å². The first-order chi connectivity index (χ1) is 14.9. The van der Waals surface area contributed by atoms with Crippen molar-refractivity contribution < 1.29 is 14.7 Å². The summed E-state index contributed by atoms with van der Waals surface area (Å²) in [5.41, 5.74) is 3.11. The van der Waals surface area contributed by atoms with E-state index in [1.807, 2.05) is 6.92 Å². The van der Waals surface area contributed by atoms with E-state index in [9.17, 15) is 14.7 Å². The number of carbonyl (C=O) groups is 2. The van der Waals surface area contributed by atoms with Crippen molar-refractivity contribution in [2.24, 2.45) is 34.5 Å². The molecule has 0 heterocycles. The van der Waals surface area contributed by atoms with Gasteiger partial charge in [0, 0.05) is 23.6 Å². The highest BCUT2D eigenvalue weighted by molar-refractivity contribution is 5.89. The van der Waals surface area contributed by atoms with Crippen LogP contribution in [-0.4, -0.2) is 34.0 Å². The highest BCUT2D eigenvalue weighted by Crippen LogP contribution is 2.66. The zero-order valence-electron chi connectivity index (χ0n) is 21.2. The van der Waals surface area contributed by atoms with Crippen molar-refractivity contribution in [3.63, 3.8) is 0 Å². The Balaban J connectivity index is 1.64. The maximum absolute atomic E-state index is 13.7. The summed E-state index contributed by atoms with van der Waals surface area (Å²) < 4.78 is 0. The van der Waals surface area contributed by atoms with Crippen molar-refractivity contribution in [2.45, 2.75) is 105 Å². The number of aliphatic carboxylic acids is 1. The average Bonchev–Trinajstić information content (AvgIpc) is 3.04.